The second-order valence-corrected chi connectivity index (χ2v) is 3.10. The first-order chi connectivity index (χ1) is 4.83. The molecule has 1 saturated heterocycles. The summed E-state index contributed by atoms with van der Waals surface area (Å²) < 4.78 is 5.13. The predicted molar refractivity (Wildman–Crippen MR) is 42.1 cm³/mol. The van der Waals surface area contributed by atoms with Crippen molar-refractivity contribution in [1.29, 1.82) is 0 Å². The molecule has 0 spiro atoms. The molecule has 0 aliphatic carbocycles. The number of nitrogens with one attached hydrogen (secondary N) is 1. The summed E-state index contributed by atoms with van der Waals surface area (Å²) in [6.45, 7) is 7.62. The first-order valence-corrected chi connectivity index (χ1v) is 4.15. The largest absolute Gasteiger partial charge is 0.373 e. The van der Waals surface area contributed by atoms with Gasteiger partial charge in [-0.1, -0.05) is 13.8 Å². The van der Waals surface area contributed by atoms with E-state index in [1.54, 1.807) is 0 Å². The van der Waals surface area contributed by atoms with Gasteiger partial charge in [0.1, 0.15) is 0 Å². The van der Waals surface area contributed by atoms with Crippen LogP contribution in [0.4, 0.5) is 0 Å². The van der Waals surface area contributed by atoms with E-state index in [1.165, 1.54) is 6.42 Å². The van der Waals surface area contributed by atoms with Gasteiger partial charge in [-0.05, 0) is 25.4 Å². The standard InChI is InChI=1S/C8H17NO/c1-3-9-5-7(2)4-8-6-10-8/h7-9H,3-6H2,1-2H3. The van der Waals surface area contributed by atoms with Gasteiger partial charge in [0.2, 0.25) is 0 Å². The van der Waals surface area contributed by atoms with Gasteiger partial charge < -0.3 is 10.1 Å². The molecule has 0 amide bonds. The summed E-state index contributed by atoms with van der Waals surface area (Å²) in [7, 11) is 0. The van der Waals surface area contributed by atoms with Crippen LogP contribution >= 0.6 is 0 Å². The van der Waals surface area contributed by atoms with Gasteiger partial charge in [-0.3, -0.25) is 0 Å². The number of hydrogen-bond acceptors (Lipinski definition) is 2. The fraction of sp³-hybridized carbons (Fsp3) is 1.00. The van der Waals surface area contributed by atoms with E-state index in [4.69, 9.17) is 4.74 Å². The maximum Gasteiger partial charge on any atom is 0.0813 e. The lowest BCUT2D eigenvalue weighted by molar-refractivity contribution is 0.356. The van der Waals surface area contributed by atoms with E-state index in [0.717, 1.165) is 25.6 Å². The van der Waals surface area contributed by atoms with E-state index in [2.05, 4.69) is 19.2 Å². The van der Waals surface area contributed by atoms with Crippen molar-refractivity contribution in [2.75, 3.05) is 19.7 Å². The quantitative estimate of drug-likeness (QED) is 0.581. The highest BCUT2D eigenvalue weighted by atomic mass is 16.6. The van der Waals surface area contributed by atoms with Crippen molar-refractivity contribution in [2.45, 2.75) is 26.4 Å². The number of epoxide rings is 1. The van der Waals surface area contributed by atoms with Crippen LogP contribution in [0, 0.1) is 5.92 Å². The lowest BCUT2D eigenvalue weighted by Gasteiger charge is -2.08. The third-order valence-electron chi connectivity index (χ3n) is 1.81. The minimum Gasteiger partial charge on any atom is -0.373 e. The molecule has 0 radical (unpaired) electrons. The molecule has 0 saturated carbocycles. The molecule has 60 valence electrons. The molecule has 2 atom stereocenters. The van der Waals surface area contributed by atoms with Crippen LogP contribution in [-0.4, -0.2) is 25.8 Å². The summed E-state index contributed by atoms with van der Waals surface area (Å²) in [4.78, 5) is 0. The fourth-order valence-electron chi connectivity index (χ4n) is 1.13. The first-order valence-electron chi connectivity index (χ1n) is 4.15. The molecule has 10 heavy (non-hydrogen) atoms. The molecule has 1 N–H and O–H groups in total. The molecule has 0 aromatic rings. The second-order valence-electron chi connectivity index (χ2n) is 3.10. The Kier molecular flexibility index (Phi) is 3.16. The summed E-state index contributed by atoms with van der Waals surface area (Å²) in [6, 6.07) is 0. The Bertz CT molecular complexity index is 91.3. The van der Waals surface area contributed by atoms with Crippen molar-refractivity contribution in [1.82, 2.24) is 5.32 Å². The highest BCUT2D eigenvalue weighted by molar-refractivity contribution is 4.72. The summed E-state index contributed by atoms with van der Waals surface area (Å²) >= 11 is 0. The Labute approximate surface area is 63.0 Å². The molecule has 0 aromatic carbocycles. The van der Waals surface area contributed by atoms with Gasteiger partial charge in [-0.25, -0.2) is 0 Å². The van der Waals surface area contributed by atoms with Crippen molar-refractivity contribution in [2.24, 2.45) is 5.92 Å². The van der Waals surface area contributed by atoms with Crippen LogP contribution in [0.15, 0.2) is 0 Å². The number of rotatable bonds is 5. The number of ether oxygens (including phenoxy) is 1. The van der Waals surface area contributed by atoms with Crippen LogP contribution in [0.3, 0.4) is 0 Å². The smallest absolute Gasteiger partial charge is 0.0813 e. The van der Waals surface area contributed by atoms with Crippen molar-refractivity contribution in [3.05, 3.63) is 0 Å². The topological polar surface area (TPSA) is 24.6 Å². The van der Waals surface area contributed by atoms with Gasteiger partial charge in [0.25, 0.3) is 0 Å². The van der Waals surface area contributed by atoms with Crippen LogP contribution in [0.25, 0.3) is 0 Å². The zero-order valence-corrected chi connectivity index (χ0v) is 6.89. The molecular formula is C8H17NO. The Morgan fingerprint density at radius 1 is 1.70 bits per heavy atom. The molecule has 2 unspecified atom stereocenters. The van der Waals surface area contributed by atoms with Crippen molar-refractivity contribution >= 4 is 0 Å². The minimum atomic E-state index is 0.591. The molecule has 1 rings (SSSR count). The Morgan fingerprint density at radius 3 is 2.90 bits per heavy atom. The molecule has 1 aliphatic heterocycles. The fourth-order valence-corrected chi connectivity index (χ4v) is 1.13. The number of hydrogen-bond donors (Lipinski definition) is 1. The van der Waals surface area contributed by atoms with Crippen LogP contribution in [-0.2, 0) is 4.74 Å². The second kappa shape index (κ2) is 3.94. The first kappa shape index (κ1) is 8.02. The van der Waals surface area contributed by atoms with Crippen LogP contribution < -0.4 is 5.32 Å². The van der Waals surface area contributed by atoms with Crippen LogP contribution in [0.2, 0.25) is 0 Å². The summed E-state index contributed by atoms with van der Waals surface area (Å²) in [6.07, 6.45) is 1.82. The third-order valence-corrected chi connectivity index (χ3v) is 1.81. The van der Waals surface area contributed by atoms with Gasteiger partial charge in [0.15, 0.2) is 0 Å². The monoisotopic (exact) mass is 143 g/mol. The summed E-state index contributed by atoms with van der Waals surface area (Å²) in [5.74, 6) is 0.771. The summed E-state index contributed by atoms with van der Waals surface area (Å²) in [5, 5.41) is 3.33. The molecule has 1 heterocycles. The van der Waals surface area contributed by atoms with Gasteiger partial charge in [0, 0.05) is 0 Å². The lowest BCUT2D eigenvalue weighted by atomic mass is 10.1. The average molecular weight is 143 g/mol. The highest BCUT2D eigenvalue weighted by Gasteiger charge is 2.24. The van der Waals surface area contributed by atoms with Crippen molar-refractivity contribution in [3.63, 3.8) is 0 Å². The zero-order valence-electron chi connectivity index (χ0n) is 6.89. The van der Waals surface area contributed by atoms with E-state index in [9.17, 15) is 0 Å². The van der Waals surface area contributed by atoms with E-state index in [1.807, 2.05) is 0 Å². The maximum absolute atomic E-state index is 5.13. The van der Waals surface area contributed by atoms with Gasteiger partial charge in [-0.15, -0.1) is 0 Å². The van der Waals surface area contributed by atoms with Gasteiger partial charge in [-0.2, -0.15) is 0 Å². The van der Waals surface area contributed by atoms with E-state index >= 15 is 0 Å². The third kappa shape index (κ3) is 3.18. The van der Waals surface area contributed by atoms with Crippen LogP contribution in [0.1, 0.15) is 20.3 Å². The summed E-state index contributed by atoms with van der Waals surface area (Å²) in [5.41, 5.74) is 0. The van der Waals surface area contributed by atoms with E-state index in [0.29, 0.717) is 6.10 Å². The molecule has 1 aliphatic rings. The SMILES string of the molecule is CCNCC(C)CC1CO1. The van der Waals surface area contributed by atoms with Crippen molar-refractivity contribution in [3.8, 4) is 0 Å². The molecule has 0 bridgehead atoms. The molecule has 2 nitrogen and oxygen atoms in total. The van der Waals surface area contributed by atoms with E-state index < -0.39 is 0 Å². The van der Waals surface area contributed by atoms with Gasteiger partial charge in [0.05, 0.1) is 12.7 Å². The predicted octanol–water partition coefficient (Wildman–Crippen LogP) is 1.02. The van der Waals surface area contributed by atoms with Crippen molar-refractivity contribution < 1.29 is 4.74 Å². The molecular weight excluding hydrogens is 126 g/mol. The maximum atomic E-state index is 5.13. The lowest BCUT2D eigenvalue weighted by Crippen LogP contribution is -2.21. The van der Waals surface area contributed by atoms with E-state index in [-0.39, 0.29) is 0 Å². The molecule has 1 fully saturated rings. The normalized spacial score (nSPS) is 26.4. The Balaban J connectivity index is 1.91. The molecule has 0 aromatic heterocycles. The average Bonchev–Trinajstić information content (AvgIpc) is 2.67. The Hall–Kier alpha value is -0.0800. The minimum absolute atomic E-state index is 0.591. The van der Waals surface area contributed by atoms with Gasteiger partial charge >= 0.3 is 0 Å². The Morgan fingerprint density at radius 2 is 2.40 bits per heavy atom. The highest BCUT2D eigenvalue weighted by Crippen LogP contribution is 2.18. The van der Waals surface area contributed by atoms with Crippen LogP contribution in [0.5, 0.6) is 0 Å². The molecule has 2 heteroatoms. The zero-order chi connectivity index (χ0) is 7.40.